The summed E-state index contributed by atoms with van der Waals surface area (Å²) in [6.07, 6.45) is -4.27. The number of nitrogens with zero attached hydrogens (tertiary/aromatic N) is 4. The highest BCUT2D eigenvalue weighted by atomic mass is 19.4. The quantitative estimate of drug-likeness (QED) is 0.515. The number of ether oxygens (including phenoxy) is 1. The summed E-state index contributed by atoms with van der Waals surface area (Å²) in [6.45, 7) is 2.88. The number of hydrogen-bond donors (Lipinski definition) is 2. The predicted molar refractivity (Wildman–Crippen MR) is 108 cm³/mol. The Hall–Kier alpha value is -3.63. The first-order valence-electron chi connectivity index (χ1n) is 9.59. The molecule has 8 nitrogen and oxygen atoms in total. The van der Waals surface area contributed by atoms with E-state index in [1.165, 1.54) is 16.9 Å². The molecule has 2 aromatic carbocycles. The number of benzene rings is 2. The molecule has 0 radical (unpaired) electrons. The van der Waals surface area contributed by atoms with Crippen molar-refractivity contribution in [2.45, 2.75) is 26.1 Å². The van der Waals surface area contributed by atoms with Crippen molar-refractivity contribution in [2.75, 3.05) is 18.5 Å². The SMILES string of the molecule is CCOC(=O)NCCCn1nnc(-c2ccccc2Nc2ccc(C(F)(F)F)cc2)n1. The number of para-hydroxylation sites is 1. The predicted octanol–water partition coefficient (Wildman–Crippen LogP) is 4.24. The molecule has 3 rings (SSSR count). The molecule has 1 amide bonds. The van der Waals surface area contributed by atoms with E-state index in [1.54, 1.807) is 31.2 Å². The van der Waals surface area contributed by atoms with Gasteiger partial charge in [0, 0.05) is 23.5 Å². The summed E-state index contributed by atoms with van der Waals surface area (Å²) >= 11 is 0. The van der Waals surface area contributed by atoms with Crippen molar-refractivity contribution in [3.05, 3.63) is 54.1 Å². The Bertz CT molecular complexity index is 1000. The average molecular weight is 434 g/mol. The largest absolute Gasteiger partial charge is 0.450 e. The van der Waals surface area contributed by atoms with Gasteiger partial charge >= 0.3 is 12.3 Å². The van der Waals surface area contributed by atoms with E-state index < -0.39 is 17.8 Å². The number of carbonyl (C=O) groups is 1. The molecule has 3 aromatic rings. The van der Waals surface area contributed by atoms with E-state index in [-0.39, 0.29) is 0 Å². The number of hydrogen-bond acceptors (Lipinski definition) is 6. The summed E-state index contributed by atoms with van der Waals surface area (Å²) < 4.78 is 43.0. The van der Waals surface area contributed by atoms with E-state index in [4.69, 9.17) is 4.74 Å². The second kappa shape index (κ2) is 9.92. The lowest BCUT2D eigenvalue weighted by molar-refractivity contribution is -0.137. The van der Waals surface area contributed by atoms with Crippen LogP contribution < -0.4 is 10.6 Å². The van der Waals surface area contributed by atoms with Crippen LogP contribution in [0.4, 0.5) is 29.3 Å². The molecule has 0 spiro atoms. The molecule has 2 N–H and O–H groups in total. The summed E-state index contributed by atoms with van der Waals surface area (Å²) in [5.41, 5.74) is 1.07. The fourth-order valence-corrected chi connectivity index (χ4v) is 2.72. The molecule has 0 fully saturated rings. The van der Waals surface area contributed by atoms with Crippen molar-refractivity contribution in [3.63, 3.8) is 0 Å². The van der Waals surface area contributed by atoms with Crippen LogP contribution in [-0.4, -0.2) is 39.5 Å². The van der Waals surface area contributed by atoms with Crippen LogP contribution >= 0.6 is 0 Å². The third-order valence-corrected chi connectivity index (χ3v) is 4.19. The Kier molecular flexibility index (Phi) is 7.06. The third kappa shape index (κ3) is 6.17. The minimum Gasteiger partial charge on any atom is -0.450 e. The molecule has 0 aliphatic carbocycles. The molecule has 1 heterocycles. The van der Waals surface area contributed by atoms with Gasteiger partial charge in [0.15, 0.2) is 0 Å². The smallest absolute Gasteiger partial charge is 0.416 e. The summed E-state index contributed by atoms with van der Waals surface area (Å²) in [5, 5.41) is 18.1. The molecule has 0 saturated carbocycles. The van der Waals surface area contributed by atoms with Gasteiger partial charge in [-0.05, 0) is 55.0 Å². The van der Waals surface area contributed by atoms with Crippen molar-refractivity contribution in [3.8, 4) is 11.4 Å². The lowest BCUT2D eigenvalue weighted by Gasteiger charge is -2.11. The van der Waals surface area contributed by atoms with Crippen LogP contribution in [0.2, 0.25) is 0 Å². The fourth-order valence-electron chi connectivity index (χ4n) is 2.72. The number of tetrazole rings is 1. The zero-order valence-electron chi connectivity index (χ0n) is 16.7. The zero-order valence-corrected chi connectivity index (χ0v) is 16.7. The summed E-state index contributed by atoms with van der Waals surface area (Å²) in [7, 11) is 0. The van der Waals surface area contributed by atoms with Crippen LogP contribution in [0.25, 0.3) is 11.4 Å². The first kappa shape index (κ1) is 22.1. The Labute approximate surface area is 176 Å². The lowest BCUT2D eigenvalue weighted by atomic mass is 10.1. The number of alkyl carbamates (subject to hydrolysis) is 1. The number of halogens is 3. The number of alkyl halides is 3. The molecule has 0 atom stereocenters. The van der Waals surface area contributed by atoms with Gasteiger partial charge in [-0.2, -0.15) is 18.0 Å². The Balaban J connectivity index is 1.65. The van der Waals surface area contributed by atoms with E-state index >= 15 is 0 Å². The topological polar surface area (TPSA) is 94.0 Å². The molecule has 0 aliphatic heterocycles. The monoisotopic (exact) mass is 434 g/mol. The summed E-state index contributed by atoms with van der Waals surface area (Å²) in [6, 6.07) is 11.9. The highest BCUT2D eigenvalue weighted by Gasteiger charge is 2.29. The molecule has 164 valence electrons. The highest BCUT2D eigenvalue weighted by molar-refractivity contribution is 5.77. The summed E-state index contributed by atoms with van der Waals surface area (Å²) in [4.78, 5) is 12.7. The van der Waals surface area contributed by atoms with Crippen molar-refractivity contribution in [1.82, 2.24) is 25.5 Å². The number of aromatic nitrogens is 4. The van der Waals surface area contributed by atoms with E-state index in [0.717, 1.165) is 12.1 Å². The van der Waals surface area contributed by atoms with Gasteiger partial charge in [-0.1, -0.05) is 12.1 Å². The molecule has 0 aliphatic rings. The third-order valence-electron chi connectivity index (χ3n) is 4.19. The second-order valence-electron chi connectivity index (χ2n) is 6.46. The molecule has 31 heavy (non-hydrogen) atoms. The number of anilines is 2. The van der Waals surface area contributed by atoms with Crippen LogP contribution in [0.1, 0.15) is 18.9 Å². The molecular formula is C20H21F3N6O2. The van der Waals surface area contributed by atoms with Crippen molar-refractivity contribution in [1.29, 1.82) is 0 Å². The van der Waals surface area contributed by atoms with Crippen LogP contribution in [0.15, 0.2) is 48.5 Å². The van der Waals surface area contributed by atoms with Gasteiger partial charge in [-0.15, -0.1) is 10.2 Å². The van der Waals surface area contributed by atoms with Gasteiger partial charge < -0.3 is 15.4 Å². The van der Waals surface area contributed by atoms with E-state index in [1.807, 2.05) is 0 Å². The number of carbonyl (C=O) groups excluding carboxylic acids is 1. The van der Waals surface area contributed by atoms with Crippen molar-refractivity contribution in [2.24, 2.45) is 0 Å². The second-order valence-corrected chi connectivity index (χ2v) is 6.46. The number of nitrogens with one attached hydrogen (secondary N) is 2. The van der Waals surface area contributed by atoms with Crippen LogP contribution in [-0.2, 0) is 17.5 Å². The van der Waals surface area contributed by atoms with E-state index in [0.29, 0.717) is 48.9 Å². The molecular weight excluding hydrogens is 413 g/mol. The standard InChI is InChI=1S/C20H21F3N6O2/c1-2-31-19(30)24-12-5-13-29-27-18(26-28-29)16-6-3-4-7-17(16)25-15-10-8-14(9-11-15)20(21,22)23/h3-4,6-11,25H,2,5,12-13H2,1H3,(H,24,30). The maximum atomic E-state index is 12.7. The Morgan fingerprint density at radius 3 is 2.58 bits per heavy atom. The molecule has 0 bridgehead atoms. The lowest BCUT2D eigenvalue weighted by Crippen LogP contribution is -2.26. The number of rotatable bonds is 8. The van der Waals surface area contributed by atoms with Gasteiger partial charge in [0.2, 0.25) is 5.82 Å². The van der Waals surface area contributed by atoms with E-state index in [9.17, 15) is 18.0 Å². The Morgan fingerprint density at radius 1 is 1.13 bits per heavy atom. The Morgan fingerprint density at radius 2 is 1.87 bits per heavy atom. The normalized spacial score (nSPS) is 11.2. The first-order valence-corrected chi connectivity index (χ1v) is 9.59. The maximum Gasteiger partial charge on any atom is 0.416 e. The minimum absolute atomic E-state index is 0.305. The van der Waals surface area contributed by atoms with Crippen molar-refractivity contribution >= 4 is 17.5 Å². The maximum absolute atomic E-state index is 12.7. The van der Waals surface area contributed by atoms with Crippen LogP contribution in [0.3, 0.4) is 0 Å². The average Bonchev–Trinajstić information content (AvgIpc) is 3.20. The van der Waals surface area contributed by atoms with Gasteiger partial charge in [-0.3, -0.25) is 0 Å². The highest BCUT2D eigenvalue weighted by Crippen LogP contribution is 2.32. The molecule has 0 saturated heterocycles. The molecule has 11 heteroatoms. The van der Waals surface area contributed by atoms with Gasteiger partial charge in [0.1, 0.15) is 0 Å². The van der Waals surface area contributed by atoms with E-state index in [2.05, 4.69) is 26.0 Å². The zero-order chi connectivity index (χ0) is 22.3. The molecule has 1 aromatic heterocycles. The van der Waals surface area contributed by atoms with Crippen molar-refractivity contribution < 1.29 is 22.7 Å². The molecule has 0 unspecified atom stereocenters. The number of aryl methyl sites for hydroxylation is 1. The van der Waals surface area contributed by atoms with Crippen LogP contribution in [0.5, 0.6) is 0 Å². The van der Waals surface area contributed by atoms with Crippen LogP contribution in [0, 0.1) is 0 Å². The van der Waals surface area contributed by atoms with Gasteiger partial charge in [0.25, 0.3) is 0 Å². The van der Waals surface area contributed by atoms with Gasteiger partial charge in [-0.25, -0.2) is 4.79 Å². The number of amides is 1. The first-order chi connectivity index (χ1) is 14.9. The summed E-state index contributed by atoms with van der Waals surface area (Å²) in [5.74, 6) is 0.369. The fraction of sp³-hybridized carbons (Fsp3) is 0.300. The minimum atomic E-state index is -4.38. The van der Waals surface area contributed by atoms with Gasteiger partial charge in [0.05, 0.1) is 18.7 Å².